The molecule has 0 radical (unpaired) electrons. The van der Waals surface area contributed by atoms with E-state index in [0.29, 0.717) is 0 Å². The Morgan fingerprint density at radius 1 is 1.47 bits per heavy atom. The Morgan fingerprint density at radius 3 is 3.11 bits per heavy atom. The van der Waals surface area contributed by atoms with E-state index in [1.54, 1.807) is 18.0 Å². The molecular weight excluding hydrogens is 262 g/mol. The summed E-state index contributed by atoms with van der Waals surface area (Å²) in [6.45, 7) is 0.765. The number of carbonyl (C=O) groups excluding carboxylic acids is 1. The normalized spacial score (nSPS) is 18.2. The first kappa shape index (κ1) is 12.0. The lowest BCUT2D eigenvalue weighted by Crippen LogP contribution is -2.22. The molecule has 98 valence electrons. The molecule has 0 spiro atoms. The third-order valence-electron chi connectivity index (χ3n) is 2.99. The number of hydrogen-bond acceptors (Lipinski definition) is 5. The quantitative estimate of drug-likeness (QED) is 0.824. The second kappa shape index (κ2) is 4.93. The number of nitrogens with one attached hydrogen (secondary N) is 1. The zero-order valence-electron chi connectivity index (χ0n) is 10.1. The fraction of sp³-hybridized carbons (Fsp3) is 0.250. The fourth-order valence-electron chi connectivity index (χ4n) is 1.98. The van der Waals surface area contributed by atoms with Crippen molar-refractivity contribution in [3.8, 4) is 0 Å². The number of para-hydroxylation sites is 1. The molecule has 1 aromatic heterocycles. The molecule has 1 unspecified atom stereocenters. The van der Waals surface area contributed by atoms with Gasteiger partial charge < -0.3 is 11.1 Å². The lowest BCUT2D eigenvalue weighted by atomic mass is 10.1. The van der Waals surface area contributed by atoms with E-state index in [0.717, 1.165) is 28.5 Å². The van der Waals surface area contributed by atoms with Gasteiger partial charge in [0.25, 0.3) is 0 Å². The molecule has 3 rings (SSSR count). The number of thioether (sulfide) groups is 1. The smallest absolute Gasteiger partial charge is 0.356 e. The third kappa shape index (κ3) is 2.41. The van der Waals surface area contributed by atoms with Gasteiger partial charge in [0, 0.05) is 28.8 Å². The summed E-state index contributed by atoms with van der Waals surface area (Å²) >= 11 is 1.77. The van der Waals surface area contributed by atoms with Crippen molar-refractivity contribution in [1.82, 2.24) is 15.0 Å². The molecule has 2 heterocycles. The Bertz CT molecular complexity index is 585. The van der Waals surface area contributed by atoms with Crippen LogP contribution in [0.2, 0.25) is 0 Å². The molecule has 1 amide bonds. The van der Waals surface area contributed by atoms with Crippen molar-refractivity contribution in [3.63, 3.8) is 0 Å². The largest absolute Gasteiger partial charge is 0.383 e. The summed E-state index contributed by atoms with van der Waals surface area (Å²) in [5, 5.41) is 11.4. The number of rotatable bonds is 1. The van der Waals surface area contributed by atoms with Crippen LogP contribution in [0.25, 0.3) is 0 Å². The fourth-order valence-corrected chi connectivity index (χ4v) is 3.12. The Balaban J connectivity index is 1.79. The van der Waals surface area contributed by atoms with Gasteiger partial charge in [-0.25, -0.2) is 4.79 Å². The average molecular weight is 275 g/mol. The van der Waals surface area contributed by atoms with E-state index in [1.807, 2.05) is 12.1 Å². The van der Waals surface area contributed by atoms with Crippen LogP contribution in [0.3, 0.4) is 0 Å². The molecule has 1 atom stereocenters. The summed E-state index contributed by atoms with van der Waals surface area (Å²) in [6.07, 6.45) is 1.60. The number of aromatic nitrogens is 3. The molecule has 1 aliphatic rings. The molecular formula is C12H13N5OS. The van der Waals surface area contributed by atoms with E-state index < -0.39 is 6.03 Å². The number of nitrogens with zero attached hydrogens (tertiary/aromatic N) is 3. The number of carbonyl (C=O) groups is 1. The van der Waals surface area contributed by atoms with Gasteiger partial charge in [0.05, 0.1) is 11.9 Å². The standard InChI is InChI=1S/C12H13N5OS/c13-12(18)17-15-6-10(16-17)8-5-14-9-3-1-2-4-11(9)19-7-8/h1-4,6,8,14H,5,7H2,(H2,13,18). The molecule has 19 heavy (non-hydrogen) atoms. The highest BCUT2D eigenvalue weighted by Gasteiger charge is 2.20. The molecule has 0 saturated heterocycles. The number of fused-ring (bicyclic) bond motifs is 1. The second-order valence-corrected chi connectivity index (χ2v) is 5.34. The van der Waals surface area contributed by atoms with Crippen LogP contribution in [-0.4, -0.2) is 33.3 Å². The monoisotopic (exact) mass is 275 g/mol. The lowest BCUT2D eigenvalue weighted by Gasteiger charge is -2.10. The highest BCUT2D eigenvalue weighted by atomic mass is 32.2. The molecule has 0 saturated carbocycles. The van der Waals surface area contributed by atoms with Crippen molar-refractivity contribution >= 4 is 23.5 Å². The van der Waals surface area contributed by atoms with Gasteiger partial charge in [-0.2, -0.15) is 5.10 Å². The molecule has 3 N–H and O–H groups in total. The average Bonchev–Trinajstić information content (AvgIpc) is 2.80. The summed E-state index contributed by atoms with van der Waals surface area (Å²) < 4.78 is 0. The van der Waals surface area contributed by atoms with Gasteiger partial charge >= 0.3 is 6.03 Å². The first-order chi connectivity index (χ1) is 9.24. The van der Waals surface area contributed by atoms with E-state index in [2.05, 4.69) is 27.6 Å². The Labute approximate surface area is 114 Å². The van der Waals surface area contributed by atoms with E-state index in [9.17, 15) is 4.79 Å². The van der Waals surface area contributed by atoms with Gasteiger partial charge in [0.1, 0.15) is 0 Å². The maximum Gasteiger partial charge on any atom is 0.356 e. The van der Waals surface area contributed by atoms with Crippen molar-refractivity contribution in [2.75, 3.05) is 17.6 Å². The Morgan fingerprint density at radius 2 is 2.32 bits per heavy atom. The minimum atomic E-state index is -0.663. The van der Waals surface area contributed by atoms with E-state index in [1.165, 1.54) is 4.90 Å². The van der Waals surface area contributed by atoms with Crippen LogP contribution in [0.15, 0.2) is 35.4 Å². The van der Waals surface area contributed by atoms with Crippen LogP contribution in [0.1, 0.15) is 11.6 Å². The van der Waals surface area contributed by atoms with E-state index in [4.69, 9.17) is 5.73 Å². The van der Waals surface area contributed by atoms with Crippen molar-refractivity contribution in [3.05, 3.63) is 36.2 Å². The summed E-state index contributed by atoms with van der Waals surface area (Å²) in [5.41, 5.74) is 7.05. The van der Waals surface area contributed by atoms with E-state index >= 15 is 0 Å². The topological polar surface area (TPSA) is 85.8 Å². The zero-order valence-corrected chi connectivity index (χ0v) is 10.9. The van der Waals surface area contributed by atoms with Gasteiger partial charge in [-0.15, -0.1) is 16.9 Å². The summed E-state index contributed by atoms with van der Waals surface area (Å²) in [6, 6.07) is 7.53. The first-order valence-electron chi connectivity index (χ1n) is 5.92. The highest BCUT2D eigenvalue weighted by Crippen LogP contribution is 2.34. The maximum atomic E-state index is 11.0. The van der Waals surface area contributed by atoms with Crippen molar-refractivity contribution in [2.24, 2.45) is 5.73 Å². The number of nitrogens with two attached hydrogens (primary N) is 1. The first-order valence-corrected chi connectivity index (χ1v) is 6.90. The number of benzene rings is 1. The molecule has 0 fully saturated rings. The molecule has 2 aromatic rings. The number of hydrogen-bond donors (Lipinski definition) is 2. The van der Waals surface area contributed by atoms with Gasteiger partial charge in [-0.3, -0.25) is 0 Å². The van der Waals surface area contributed by atoms with Gasteiger partial charge in [-0.1, -0.05) is 16.9 Å². The van der Waals surface area contributed by atoms with Crippen molar-refractivity contribution < 1.29 is 4.79 Å². The minimum Gasteiger partial charge on any atom is -0.383 e. The van der Waals surface area contributed by atoms with Gasteiger partial charge in [0.2, 0.25) is 0 Å². The zero-order chi connectivity index (χ0) is 13.2. The molecule has 7 heteroatoms. The van der Waals surface area contributed by atoms with Crippen LogP contribution in [0.5, 0.6) is 0 Å². The Hall–Kier alpha value is -2.02. The van der Waals surface area contributed by atoms with Crippen molar-refractivity contribution in [2.45, 2.75) is 10.8 Å². The van der Waals surface area contributed by atoms with Crippen LogP contribution in [-0.2, 0) is 0 Å². The van der Waals surface area contributed by atoms with Gasteiger partial charge in [0.15, 0.2) is 0 Å². The lowest BCUT2D eigenvalue weighted by molar-refractivity contribution is 0.244. The predicted octanol–water partition coefficient (Wildman–Crippen LogP) is 1.51. The highest BCUT2D eigenvalue weighted by molar-refractivity contribution is 7.99. The minimum absolute atomic E-state index is 0.200. The molecule has 0 bridgehead atoms. The Kier molecular flexibility index (Phi) is 3.12. The second-order valence-electron chi connectivity index (χ2n) is 4.28. The number of amides is 1. The number of primary amides is 1. The van der Waals surface area contributed by atoms with Crippen molar-refractivity contribution in [1.29, 1.82) is 0 Å². The van der Waals surface area contributed by atoms with Gasteiger partial charge in [-0.05, 0) is 12.1 Å². The summed E-state index contributed by atoms with van der Waals surface area (Å²) in [4.78, 5) is 13.1. The molecule has 6 nitrogen and oxygen atoms in total. The predicted molar refractivity (Wildman–Crippen MR) is 73.4 cm³/mol. The third-order valence-corrected chi connectivity index (χ3v) is 4.23. The van der Waals surface area contributed by atoms with Crippen LogP contribution >= 0.6 is 11.8 Å². The van der Waals surface area contributed by atoms with Crippen LogP contribution in [0, 0.1) is 0 Å². The molecule has 0 aliphatic carbocycles. The summed E-state index contributed by atoms with van der Waals surface area (Å²) in [7, 11) is 0. The van der Waals surface area contributed by atoms with Crippen LogP contribution < -0.4 is 11.1 Å². The number of anilines is 1. The van der Waals surface area contributed by atoms with E-state index in [-0.39, 0.29) is 5.92 Å². The SMILES string of the molecule is NC(=O)n1ncc(C2CNc3ccccc3SC2)n1. The molecule has 1 aromatic carbocycles. The van der Waals surface area contributed by atoms with Crippen LogP contribution in [0.4, 0.5) is 10.5 Å². The molecule has 1 aliphatic heterocycles. The summed E-state index contributed by atoms with van der Waals surface area (Å²) in [5.74, 6) is 1.09. The maximum absolute atomic E-state index is 11.0.